The molecule has 0 unspecified atom stereocenters. The van der Waals surface area contributed by atoms with Gasteiger partial charge in [0.25, 0.3) is 0 Å². The smallest absolute Gasteiger partial charge is 0.167 e. The molecule has 6 rings (SSSR count). The van der Waals surface area contributed by atoms with E-state index in [-0.39, 0.29) is 106 Å². The number of hydrogen-bond donors (Lipinski definition) is 6. The number of fused-ring (bicyclic) bond motifs is 2. The molecular weight excluding hydrogens is 747 g/mol. The molecule has 0 heterocycles. The van der Waals surface area contributed by atoms with E-state index in [0.717, 1.165) is 0 Å². The molecular formula is C46H46F2N2O8. The molecule has 0 saturated heterocycles. The van der Waals surface area contributed by atoms with Crippen LogP contribution in [0.25, 0.3) is 32.7 Å². The van der Waals surface area contributed by atoms with Crippen LogP contribution in [0.15, 0.2) is 70.6 Å². The first kappa shape index (κ1) is 41.1. The molecule has 0 aliphatic heterocycles. The van der Waals surface area contributed by atoms with E-state index in [4.69, 9.17) is 9.47 Å². The van der Waals surface area contributed by atoms with Crippen molar-refractivity contribution in [2.24, 2.45) is 9.98 Å². The van der Waals surface area contributed by atoms with E-state index in [9.17, 15) is 39.4 Å². The number of ether oxygens (including phenoxy) is 2. The highest BCUT2D eigenvalue weighted by Gasteiger charge is 2.29. The van der Waals surface area contributed by atoms with Crippen LogP contribution >= 0.6 is 0 Å². The zero-order valence-corrected chi connectivity index (χ0v) is 33.1. The normalized spacial score (nSPS) is 12.0. The Kier molecular flexibility index (Phi) is 12.0. The summed E-state index contributed by atoms with van der Waals surface area (Å²) in [6.07, 6.45) is 2.61. The minimum absolute atomic E-state index is 0.00229. The number of rotatable bonds is 13. The monoisotopic (exact) mass is 792 g/mol. The van der Waals surface area contributed by atoms with Crippen molar-refractivity contribution in [1.82, 2.24) is 0 Å². The third kappa shape index (κ3) is 7.61. The summed E-state index contributed by atoms with van der Waals surface area (Å²) in [5, 5.41) is 71.2. The van der Waals surface area contributed by atoms with Crippen molar-refractivity contribution in [3.05, 3.63) is 106 Å². The maximum Gasteiger partial charge on any atom is 0.167 e. The van der Waals surface area contributed by atoms with Gasteiger partial charge >= 0.3 is 0 Å². The Morgan fingerprint density at radius 2 is 0.914 bits per heavy atom. The maximum absolute atomic E-state index is 14.1. The van der Waals surface area contributed by atoms with Crippen LogP contribution in [0.5, 0.6) is 46.0 Å². The molecule has 0 bridgehead atoms. The minimum Gasteiger partial charge on any atom is -0.507 e. The Morgan fingerprint density at radius 3 is 1.26 bits per heavy atom. The van der Waals surface area contributed by atoms with Gasteiger partial charge < -0.3 is 40.1 Å². The third-order valence-corrected chi connectivity index (χ3v) is 10.1. The fourth-order valence-electron chi connectivity index (χ4n) is 7.48. The number of aliphatic imine (C=N–C) groups is 2. The molecule has 0 saturated carbocycles. The highest BCUT2D eigenvalue weighted by molar-refractivity contribution is 6.15. The average molecular weight is 793 g/mol. The van der Waals surface area contributed by atoms with Crippen LogP contribution in [0.4, 0.5) is 8.78 Å². The van der Waals surface area contributed by atoms with E-state index >= 15 is 0 Å². The predicted octanol–water partition coefficient (Wildman–Crippen LogP) is 10.0. The molecule has 10 nitrogen and oxygen atoms in total. The molecule has 0 fully saturated rings. The number of aromatic hydroxyl groups is 6. The molecule has 302 valence electrons. The van der Waals surface area contributed by atoms with E-state index in [1.165, 1.54) is 36.7 Å². The van der Waals surface area contributed by atoms with Gasteiger partial charge in [0.05, 0.1) is 13.1 Å². The topological polar surface area (TPSA) is 165 Å². The molecule has 6 aromatic carbocycles. The summed E-state index contributed by atoms with van der Waals surface area (Å²) >= 11 is 0. The first-order chi connectivity index (χ1) is 27.6. The number of phenols is 6. The number of halogens is 2. The van der Waals surface area contributed by atoms with Crippen LogP contribution in [0.2, 0.25) is 0 Å². The second kappa shape index (κ2) is 16.9. The van der Waals surface area contributed by atoms with Gasteiger partial charge in [0.2, 0.25) is 0 Å². The Bertz CT molecular complexity index is 2420. The SMILES string of the molecule is Cc1cc2c(C(C)C)c(O)c(O)c(C=NCCOc3ccccc3F)c2c(O)c1-c1c(C)cc2c(C(C)C)c(O)c(O)c(C=NCCOc3ccccc3F)c2c1O. The lowest BCUT2D eigenvalue weighted by atomic mass is 9.83. The standard InChI is InChI=1S/C46H46F2N2O8/c1-23(2)35-27-19-25(5)37(43(53)39(27)29(41(51)45(35)55)21-49-15-17-57-33-13-9-7-11-31(33)47)38-26(6)20-28-36(24(3)4)46(56)42(52)30(40(28)44(38)54)22-50-16-18-58-34-14-10-8-12-32(34)48/h7-14,19-24,51-56H,15-18H2,1-6H3. The Morgan fingerprint density at radius 1 is 0.552 bits per heavy atom. The summed E-state index contributed by atoms with van der Waals surface area (Å²) in [4.78, 5) is 8.75. The molecule has 0 aliphatic rings. The van der Waals surface area contributed by atoms with Crippen LogP contribution in [0.1, 0.15) is 72.9 Å². The van der Waals surface area contributed by atoms with E-state index in [0.29, 0.717) is 33.0 Å². The molecule has 6 N–H and O–H groups in total. The van der Waals surface area contributed by atoms with Gasteiger partial charge in [-0.3, -0.25) is 9.98 Å². The fourth-order valence-corrected chi connectivity index (χ4v) is 7.48. The number of para-hydroxylation sites is 2. The lowest BCUT2D eigenvalue weighted by molar-refractivity contribution is 0.311. The van der Waals surface area contributed by atoms with Crippen molar-refractivity contribution < 1.29 is 48.9 Å². The highest BCUT2D eigenvalue weighted by Crippen LogP contribution is 2.54. The van der Waals surface area contributed by atoms with Crippen LogP contribution in [0.3, 0.4) is 0 Å². The molecule has 0 amide bonds. The fraction of sp³-hybridized carbons (Fsp3) is 0.261. The van der Waals surface area contributed by atoms with Crippen LogP contribution in [-0.4, -0.2) is 69.4 Å². The molecule has 0 atom stereocenters. The van der Waals surface area contributed by atoms with Crippen LogP contribution in [0, 0.1) is 25.5 Å². The summed E-state index contributed by atoms with van der Waals surface area (Å²) in [5.74, 6) is -3.94. The summed E-state index contributed by atoms with van der Waals surface area (Å²) in [7, 11) is 0. The number of hydrogen-bond acceptors (Lipinski definition) is 10. The molecule has 12 heteroatoms. The van der Waals surface area contributed by atoms with Gasteiger partial charge in [-0.15, -0.1) is 0 Å². The summed E-state index contributed by atoms with van der Waals surface area (Å²) in [5.41, 5.74) is 2.24. The van der Waals surface area contributed by atoms with Gasteiger partial charge in [-0.2, -0.15) is 0 Å². The minimum atomic E-state index is -0.525. The lowest BCUT2D eigenvalue weighted by Crippen LogP contribution is -2.04. The number of aryl methyl sites for hydroxylation is 2. The zero-order valence-electron chi connectivity index (χ0n) is 33.1. The van der Waals surface area contributed by atoms with Gasteiger partial charge in [0.1, 0.15) is 24.7 Å². The van der Waals surface area contributed by atoms with Crippen molar-refractivity contribution in [3.8, 4) is 57.1 Å². The van der Waals surface area contributed by atoms with E-state index in [1.807, 2.05) is 27.7 Å². The largest absolute Gasteiger partial charge is 0.507 e. The highest BCUT2D eigenvalue weighted by atomic mass is 19.1. The summed E-state index contributed by atoms with van der Waals surface area (Å²) in [6.45, 7) is 10.9. The van der Waals surface area contributed by atoms with Crippen molar-refractivity contribution in [2.75, 3.05) is 26.3 Å². The number of nitrogens with zero attached hydrogens (tertiary/aromatic N) is 2. The van der Waals surface area contributed by atoms with Crippen molar-refractivity contribution >= 4 is 34.0 Å². The van der Waals surface area contributed by atoms with Crippen molar-refractivity contribution in [1.29, 1.82) is 0 Å². The Balaban J connectivity index is 1.51. The number of phenolic OH excluding ortho intramolecular Hbond substituents is 6. The van der Waals surface area contributed by atoms with Gasteiger partial charge in [-0.1, -0.05) is 64.1 Å². The zero-order chi connectivity index (χ0) is 42.0. The van der Waals surface area contributed by atoms with Crippen molar-refractivity contribution in [2.45, 2.75) is 53.4 Å². The Hall–Kier alpha value is -6.56. The van der Waals surface area contributed by atoms with Crippen LogP contribution < -0.4 is 9.47 Å². The van der Waals surface area contributed by atoms with Gasteiger partial charge in [-0.25, -0.2) is 8.78 Å². The van der Waals surface area contributed by atoms with E-state index in [1.54, 1.807) is 50.2 Å². The molecule has 0 aromatic heterocycles. The second-order valence-electron chi connectivity index (χ2n) is 14.7. The van der Waals surface area contributed by atoms with E-state index < -0.39 is 23.1 Å². The second-order valence-corrected chi connectivity index (χ2v) is 14.7. The first-order valence-electron chi connectivity index (χ1n) is 18.9. The average Bonchev–Trinajstić information content (AvgIpc) is 3.16. The lowest BCUT2D eigenvalue weighted by Gasteiger charge is -2.23. The molecule has 58 heavy (non-hydrogen) atoms. The molecule has 0 radical (unpaired) electrons. The van der Waals surface area contributed by atoms with Gasteiger partial charge in [0.15, 0.2) is 46.1 Å². The molecule has 0 aliphatic carbocycles. The van der Waals surface area contributed by atoms with Gasteiger partial charge in [0, 0.05) is 56.6 Å². The maximum atomic E-state index is 14.1. The third-order valence-electron chi connectivity index (χ3n) is 10.1. The predicted molar refractivity (Wildman–Crippen MR) is 223 cm³/mol. The molecule has 0 spiro atoms. The molecule has 6 aromatic rings. The summed E-state index contributed by atoms with van der Waals surface area (Å²) in [6, 6.07) is 15.4. The van der Waals surface area contributed by atoms with E-state index in [2.05, 4.69) is 9.98 Å². The first-order valence-corrected chi connectivity index (χ1v) is 18.9. The van der Waals surface area contributed by atoms with Crippen molar-refractivity contribution in [3.63, 3.8) is 0 Å². The number of benzene rings is 6. The van der Waals surface area contributed by atoms with Crippen LogP contribution in [-0.2, 0) is 0 Å². The quantitative estimate of drug-likeness (QED) is 0.0382. The summed E-state index contributed by atoms with van der Waals surface area (Å²) < 4.78 is 39.2. The Labute approximate surface area is 334 Å². The van der Waals surface area contributed by atoms with Gasteiger partial charge in [-0.05, 0) is 71.8 Å².